The zero-order valence-electron chi connectivity index (χ0n) is 14.8. The number of carbonyl (C=O) groups is 1. The number of halogens is 1. The predicted octanol–water partition coefficient (Wildman–Crippen LogP) is 2.01. The van der Waals surface area contributed by atoms with E-state index < -0.39 is 21.9 Å². The highest BCUT2D eigenvalue weighted by molar-refractivity contribution is 7.89. The van der Waals surface area contributed by atoms with E-state index in [1.54, 1.807) is 6.07 Å². The highest BCUT2D eigenvalue weighted by atomic mass is 35.5. The highest BCUT2D eigenvalue weighted by Crippen LogP contribution is 2.30. The van der Waals surface area contributed by atoms with Crippen LogP contribution < -0.4 is 14.9 Å². The first-order valence-electron chi connectivity index (χ1n) is 8.62. The fourth-order valence-electron chi connectivity index (χ4n) is 3.34. The molecule has 1 aliphatic rings. The molecule has 0 saturated heterocycles. The Kier molecular flexibility index (Phi) is 5.73. The number of carboxylic acids is 1. The number of carboxylic acid groups (broad SMARTS) is 1. The average molecular weight is 426 g/mol. The molecule has 150 valence electrons. The van der Waals surface area contributed by atoms with Gasteiger partial charge in [-0.25, -0.2) is 17.6 Å². The number of rotatable bonds is 5. The number of nitrogens with two attached hydrogens (primary N) is 1. The van der Waals surface area contributed by atoms with Crippen LogP contribution in [0.2, 0.25) is 0 Å². The summed E-state index contributed by atoms with van der Waals surface area (Å²) in [4.78, 5) is 15.1. The summed E-state index contributed by atoms with van der Waals surface area (Å²) in [7, 11) is -3.78. The van der Waals surface area contributed by atoms with E-state index in [0.29, 0.717) is 42.1 Å². The Morgan fingerprint density at radius 1 is 1.29 bits per heavy atom. The minimum absolute atomic E-state index is 0.0725. The van der Waals surface area contributed by atoms with Crippen molar-refractivity contribution in [3.8, 4) is 0 Å². The fourth-order valence-corrected chi connectivity index (χ4v) is 4.81. The first-order valence-corrected chi connectivity index (χ1v) is 10.4. The molecule has 0 aliphatic heterocycles. The van der Waals surface area contributed by atoms with E-state index in [2.05, 4.69) is 9.71 Å². The van der Waals surface area contributed by atoms with Crippen LogP contribution in [0.15, 0.2) is 35.5 Å². The second-order valence-electron chi connectivity index (χ2n) is 6.72. The molecule has 0 atom stereocenters. The molecule has 0 radical (unpaired) electrons. The molecule has 9 nitrogen and oxygen atoms in total. The van der Waals surface area contributed by atoms with Gasteiger partial charge in [-0.15, -0.1) is 0 Å². The third kappa shape index (κ3) is 4.18. The standard InChI is InChI=1S/C17H20ClN5O4S/c18-23(17(19)20)15-9-21-8-11-7-13(5-6-14(11)15)28(26,27)22-12-3-1-10(2-4-12)16(24)25/h5-10,12,22H,1-4H2,(H3,19,20)(H,24,25)/t10-,12-. The topological polar surface area (TPSA) is 149 Å². The van der Waals surface area contributed by atoms with Gasteiger partial charge in [0, 0.05) is 34.8 Å². The first-order chi connectivity index (χ1) is 13.2. The molecule has 1 saturated carbocycles. The van der Waals surface area contributed by atoms with Gasteiger partial charge in [0.05, 0.1) is 22.7 Å². The van der Waals surface area contributed by atoms with Crippen LogP contribution in [-0.4, -0.2) is 36.5 Å². The van der Waals surface area contributed by atoms with Crippen LogP contribution in [0.3, 0.4) is 0 Å². The molecule has 3 rings (SSSR count). The van der Waals surface area contributed by atoms with Gasteiger partial charge in [-0.2, -0.15) is 0 Å². The largest absolute Gasteiger partial charge is 0.481 e. The third-order valence-corrected chi connectivity index (χ3v) is 6.72. The quantitative estimate of drug-likeness (QED) is 0.325. The van der Waals surface area contributed by atoms with Gasteiger partial charge >= 0.3 is 5.97 Å². The Bertz CT molecular complexity index is 1020. The molecule has 1 fully saturated rings. The van der Waals surface area contributed by atoms with Crippen LogP contribution in [0.25, 0.3) is 10.8 Å². The van der Waals surface area contributed by atoms with E-state index >= 15 is 0 Å². The molecule has 0 amide bonds. The van der Waals surface area contributed by atoms with Crippen molar-refractivity contribution in [1.82, 2.24) is 9.71 Å². The summed E-state index contributed by atoms with van der Waals surface area (Å²) in [5.41, 5.74) is 5.77. The van der Waals surface area contributed by atoms with Crippen molar-refractivity contribution >= 4 is 50.2 Å². The maximum absolute atomic E-state index is 12.7. The Morgan fingerprint density at radius 3 is 2.57 bits per heavy atom. The van der Waals surface area contributed by atoms with E-state index in [9.17, 15) is 13.2 Å². The normalized spacial score (nSPS) is 20.0. The van der Waals surface area contributed by atoms with Gasteiger partial charge in [0.15, 0.2) is 0 Å². The summed E-state index contributed by atoms with van der Waals surface area (Å²) < 4.78 is 29.1. The van der Waals surface area contributed by atoms with Crippen molar-refractivity contribution in [3.05, 3.63) is 30.6 Å². The summed E-state index contributed by atoms with van der Waals surface area (Å²) in [6.07, 6.45) is 4.80. The van der Waals surface area contributed by atoms with Crippen LogP contribution in [0.5, 0.6) is 0 Å². The van der Waals surface area contributed by atoms with Crippen molar-refractivity contribution < 1.29 is 18.3 Å². The Balaban J connectivity index is 1.83. The lowest BCUT2D eigenvalue weighted by atomic mass is 9.87. The number of guanidine groups is 1. The van der Waals surface area contributed by atoms with Gasteiger partial charge < -0.3 is 10.8 Å². The molecule has 1 aromatic heterocycles. The van der Waals surface area contributed by atoms with Crippen molar-refractivity contribution in [2.24, 2.45) is 11.7 Å². The second-order valence-corrected chi connectivity index (χ2v) is 8.77. The molecule has 1 aliphatic carbocycles. The smallest absolute Gasteiger partial charge is 0.306 e. The minimum atomic E-state index is -3.78. The number of nitrogens with one attached hydrogen (secondary N) is 2. The Hall–Kier alpha value is -2.43. The van der Waals surface area contributed by atoms with Crippen molar-refractivity contribution in [3.63, 3.8) is 0 Å². The summed E-state index contributed by atoms with van der Waals surface area (Å²) in [5.74, 6) is -1.63. The molecule has 0 unspecified atom stereocenters. The van der Waals surface area contributed by atoms with Crippen molar-refractivity contribution in [2.75, 3.05) is 4.42 Å². The molecule has 2 aromatic rings. The van der Waals surface area contributed by atoms with E-state index in [-0.39, 0.29) is 16.9 Å². The number of anilines is 1. The molecule has 1 heterocycles. The summed E-state index contributed by atoms with van der Waals surface area (Å²) in [5, 5.41) is 17.6. The van der Waals surface area contributed by atoms with Gasteiger partial charge in [-0.1, -0.05) is 6.07 Å². The molecule has 5 N–H and O–H groups in total. The molecule has 0 bridgehead atoms. The van der Waals surface area contributed by atoms with Gasteiger partial charge in [0.25, 0.3) is 0 Å². The maximum Gasteiger partial charge on any atom is 0.306 e. The van der Waals surface area contributed by atoms with Gasteiger partial charge in [0.1, 0.15) is 0 Å². The number of hydrogen-bond donors (Lipinski definition) is 4. The summed E-state index contributed by atoms with van der Waals surface area (Å²) in [6.45, 7) is 0. The molecular formula is C17H20ClN5O4S. The van der Waals surface area contributed by atoms with Crippen molar-refractivity contribution in [2.45, 2.75) is 36.6 Å². The molecule has 11 heteroatoms. The van der Waals surface area contributed by atoms with E-state index in [1.807, 2.05) is 0 Å². The number of sulfonamides is 1. The Labute approximate surface area is 167 Å². The molecule has 28 heavy (non-hydrogen) atoms. The second kappa shape index (κ2) is 7.90. The van der Waals surface area contributed by atoms with Gasteiger partial charge in [-0.05, 0) is 37.8 Å². The zero-order valence-corrected chi connectivity index (χ0v) is 16.4. The monoisotopic (exact) mass is 425 g/mol. The van der Waals surface area contributed by atoms with Crippen molar-refractivity contribution in [1.29, 1.82) is 5.41 Å². The lowest BCUT2D eigenvalue weighted by Gasteiger charge is -2.26. The lowest BCUT2D eigenvalue weighted by molar-refractivity contribution is -0.142. The first kappa shape index (κ1) is 20.3. The van der Waals surface area contributed by atoms with Crippen LogP contribution in [0.4, 0.5) is 5.69 Å². The number of nitrogens with zero attached hydrogens (tertiary/aromatic N) is 2. The predicted molar refractivity (Wildman–Crippen MR) is 106 cm³/mol. The highest BCUT2D eigenvalue weighted by Gasteiger charge is 2.29. The lowest BCUT2D eigenvalue weighted by Crippen LogP contribution is -2.38. The van der Waals surface area contributed by atoms with Gasteiger partial charge in [-0.3, -0.25) is 15.2 Å². The van der Waals surface area contributed by atoms with Crippen LogP contribution >= 0.6 is 11.8 Å². The number of benzene rings is 1. The minimum Gasteiger partial charge on any atom is -0.481 e. The number of aromatic nitrogens is 1. The maximum atomic E-state index is 12.7. The Morgan fingerprint density at radius 2 is 1.96 bits per heavy atom. The number of fused-ring (bicyclic) bond motifs is 1. The summed E-state index contributed by atoms with van der Waals surface area (Å²) in [6, 6.07) is 4.21. The summed E-state index contributed by atoms with van der Waals surface area (Å²) >= 11 is 5.98. The molecule has 1 aromatic carbocycles. The number of hydrogen-bond acceptors (Lipinski definition) is 5. The van der Waals surface area contributed by atoms with Gasteiger partial charge in [0.2, 0.25) is 16.0 Å². The molecular weight excluding hydrogens is 406 g/mol. The zero-order chi connectivity index (χ0) is 20.5. The third-order valence-electron chi connectivity index (χ3n) is 4.84. The molecule has 0 spiro atoms. The van der Waals surface area contributed by atoms with Crippen LogP contribution in [-0.2, 0) is 14.8 Å². The fraction of sp³-hybridized carbons (Fsp3) is 0.353. The van der Waals surface area contributed by atoms with Crippen LogP contribution in [0.1, 0.15) is 25.7 Å². The SMILES string of the molecule is N=C(N)N(Cl)c1cncc2cc(S(=O)(=O)N[C@H]3CC[C@H](C(=O)O)CC3)ccc12. The average Bonchev–Trinajstić information content (AvgIpc) is 2.66. The van der Waals surface area contributed by atoms with E-state index in [1.165, 1.54) is 24.5 Å². The van der Waals surface area contributed by atoms with Crippen LogP contribution in [0, 0.1) is 11.3 Å². The number of pyridine rings is 1. The van der Waals surface area contributed by atoms with E-state index in [0.717, 1.165) is 4.42 Å². The van der Waals surface area contributed by atoms with E-state index in [4.69, 9.17) is 28.0 Å². The number of aliphatic carboxylic acids is 1.